The number of likely N-dealkylation sites (tertiary alicyclic amines) is 1. The van der Waals surface area contributed by atoms with Crippen LogP contribution in [-0.4, -0.2) is 35.8 Å². The highest BCUT2D eigenvalue weighted by Crippen LogP contribution is 2.10. The van der Waals surface area contributed by atoms with Crippen LogP contribution >= 0.6 is 0 Å². The van der Waals surface area contributed by atoms with Gasteiger partial charge in [-0.3, -0.25) is 9.59 Å². The van der Waals surface area contributed by atoms with E-state index >= 15 is 0 Å². The zero-order chi connectivity index (χ0) is 15.9. The van der Waals surface area contributed by atoms with Crippen LogP contribution in [0.3, 0.4) is 0 Å². The summed E-state index contributed by atoms with van der Waals surface area (Å²) in [5.74, 6) is 0.0107. The molecule has 120 valence electrons. The first-order valence-electron chi connectivity index (χ1n) is 8.20. The summed E-state index contributed by atoms with van der Waals surface area (Å²) in [7, 11) is 0. The summed E-state index contributed by atoms with van der Waals surface area (Å²) in [6, 6.07) is 7.97. The molecule has 0 spiro atoms. The number of aryl methyl sites for hydroxylation is 2. The SMILES string of the molecule is Cc1ccc(CCCC(=O)NC(C)C(=O)N2CCCC2)cc1. The number of rotatable bonds is 6. The number of nitrogens with zero attached hydrogens (tertiary/aromatic N) is 1. The summed E-state index contributed by atoms with van der Waals surface area (Å²) >= 11 is 0. The summed E-state index contributed by atoms with van der Waals surface area (Å²) in [6.45, 7) is 5.49. The standard InChI is InChI=1S/C18H26N2O2/c1-14-8-10-16(11-9-14)6-5-7-17(21)19-15(2)18(22)20-12-3-4-13-20/h8-11,15H,3-7,12-13H2,1-2H3,(H,19,21). The van der Waals surface area contributed by atoms with Crippen molar-refractivity contribution in [2.75, 3.05) is 13.1 Å². The quantitative estimate of drug-likeness (QED) is 0.877. The monoisotopic (exact) mass is 302 g/mol. The van der Waals surface area contributed by atoms with Gasteiger partial charge in [0.1, 0.15) is 6.04 Å². The highest BCUT2D eigenvalue weighted by Gasteiger charge is 2.23. The van der Waals surface area contributed by atoms with Gasteiger partial charge in [0.05, 0.1) is 0 Å². The Morgan fingerprint density at radius 2 is 1.82 bits per heavy atom. The lowest BCUT2D eigenvalue weighted by Gasteiger charge is -2.21. The third-order valence-electron chi connectivity index (χ3n) is 4.16. The first kappa shape index (κ1) is 16.5. The molecule has 22 heavy (non-hydrogen) atoms. The van der Waals surface area contributed by atoms with Gasteiger partial charge < -0.3 is 10.2 Å². The topological polar surface area (TPSA) is 49.4 Å². The van der Waals surface area contributed by atoms with Gasteiger partial charge in [-0.1, -0.05) is 29.8 Å². The molecule has 1 atom stereocenters. The van der Waals surface area contributed by atoms with Gasteiger partial charge in [-0.05, 0) is 45.1 Å². The van der Waals surface area contributed by atoms with Gasteiger partial charge >= 0.3 is 0 Å². The van der Waals surface area contributed by atoms with Crippen molar-refractivity contribution in [3.8, 4) is 0 Å². The van der Waals surface area contributed by atoms with E-state index in [2.05, 4.69) is 36.5 Å². The van der Waals surface area contributed by atoms with E-state index in [0.717, 1.165) is 38.8 Å². The van der Waals surface area contributed by atoms with Crippen molar-refractivity contribution < 1.29 is 9.59 Å². The minimum absolute atomic E-state index is 0.0350. The highest BCUT2D eigenvalue weighted by atomic mass is 16.2. The van der Waals surface area contributed by atoms with E-state index in [9.17, 15) is 9.59 Å². The Labute approximate surface area is 132 Å². The zero-order valence-electron chi connectivity index (χ0n) is 13.6. The predicted octanol–water partition coefficient (Wildman–Crippen LogP) is 2.44. The lowest BCUT2D eigenvalue weighted by Crippen LogP contribution is -2.45. The molecule has 1 aliphatic rings. The van der Waals surface area contributed by atoms with Crippen LogP contribution in [0.15, 0.2) is 24.3 Å². The first-order valence-corrected chi connectivity index (χ1v) is 8.20. The lowest BCUT2D eigenvalue weighted by molar-refractivity contribution is -0.135. The van der Waals surface area contributed by atoms with Crippen LogP contribution in [0.5, 0.6) is 0 Å². The van der Waals surface area contributed by atoms with Crippen molar-refractivity contribution in [3.63, 3.8) is 0 Å². The van der Waals surface area contributed by atoms with Crippen LogP contribution in [0, 0.1) is 6.92 Å². The molecule has 0 aliphatic carbocycles. The molecule has 0 saturated carbocycles. The number of hydrogen-bond donors (Lipinski definition) is 1. The Bertz CT molecular complexity index is 504. The number of amides is 2. The Balaban J connectivity index is 1.68. The van der Waals surface area contributed by atoms with Gasteiger partial charge in [0.25, 0.3) is 0 Å². The summed E-state index contributed by atoms with van der Waals surface area (Å²) in [5.41, 5.74) is 2.50. The van der Waals surface area contributed by atoms with Gasteiger partial charge in [0.15, 0.2) is 0 Å². The molecular weight excluding hydrogens is 276 g/mol. The van der Waals surface area contributed by atoms with Crippen molar-refractivity contribution in [3.05, 3.63) is 35.4 Å². The van der Waals surface area contributed by atoms with Gasteiger partial charge in [-0.25, -0.2) is 0 Å². The van der Waals surface area contributed by atoms with Crippen molar-refractivity contribution in [2.45, 2.75) is 52.0 Å². The average Bonchev–Trinajstić information content (AvgIpc) is 3.02. The third kappa shape index (κ3) is 4.86. The van der Waals surface area contributed by atoms with Crippen LogP contribution in [0.2, 0.25) is 0 Å². The van der Waals surface area contributed by atoms with E-state index in [1.807, 2.05) is 4.90 Å². The van der Waals surface area contributed by atoms with Crippen LogP contribution in [0.4, 0.5) is 0 Å². The molecule has 1 unspecified atom stereocenters. The second-order valence-corrected chi connectivity index (χ2v) is 6.16. The molecule has 1 aromatic rings. The van der Waals surface area contributed by atoms with Crippen molar-refractivity contribution in [2.24, 2.45) is 0 Å². The second kappa shape index (κ2) is 7.97. The van der Waals surface area contributed by atoms with Crippen molar-refractivity contribution >= 4 is 11.8 Å². The second-order valence-electron chi connectivity index (χ2n) is 6.16. The van der Waals surface area contributed by atoms with E-state index in [-0.39, 0.29) is 11.8 Å². The molecule has 0 bridgehead atoms. The number of carbonyl (C=O) groups is 2. The molecule has 1 fully saturated rings. The van der Waals surface area contributed by atoms with Crippen LogP contribution in [0.25, 0.3) is 0 Å². The highest BCUT2D eigenvalue weighted by molar-refractivity contribution is 5.87. The van der Waals surface area contributed by atoms with E-state index in [0.29, 0.717) is 6.42 Å². The first-order chi connectivity index (χ1) is 10.6. The Hall–Kier alpha value is -1.84. The van der Waals surface area contributed by atoms with Gasteiger partial charge in [0.2, 0.25) is 11.8 Å². The van der Waals surface area contributed by atoms with Gasteiger partial charge in [0, 0.05) is 19.5 Å². The largest absolute Gasteiger partial charge is 0.345 e. The Morgan fingerprint density at radius 3 is 2.45 bits per heavy atom. The molecule has 1 heterocycles. The van der Waals surface area contributed by atoms with E-state index in [1.54, 1.807) is 6.92 Å². The molecule has 4 nitrogen and oxygen atoms in total. The van der Waals surface area contributed by atoms with Gasteiger partial charge in [-0.2, -0.15) is 0 Å². The third-order valence-corrected chi connectivity index (χ3v) is 4.16. The number of nitrogens with one attached hydrogen (secondary N) is 1. The molecule has 2 amide bonds. The fourth-order valence-electron chi connectivity index (χ4n) is 2.79. The van der Waals surface area contributed by atoms with E-state index in [4.69, 9.17) is 0 Å². The minimum Gasteiger partial charge on any atom is -0.345 e. The summed E-state index contributed by atoms with van der Waals surface area (Å²) in [6.07, 6.45) is 4.30. The molecule has 0 aromatic heterocycles. The fraction of sp³-hybridized carbons (Fsp3) is 0.556. The van der Waals surface area contributed by atoms with Crippen LogP contribution in [0.1, 0.15) is 43.7 Å². The zero-order valence-corrected chi connectivity index (χ0v) is 13.6. The fourth-order valence-corrected chi connectivity index (χ4v) is 2.79. The normalized spacial score (nSPS) is 15.6. The predicted molar refractivity (Wildman–Crippen MR) is 87.5 cm³/mol. The van der Waals surface area contributed by atoms with E-state index < -0.39 is 6.04 Å². The number of benzene rings is 1. The number of carbonyl (C=O) groups excluding carboxylic acids is 2. The molecule has 1 aromatic carbocycles. The minimum atomic E-state index is -0.412. The van der Waals surface area contributed by atoms with Crippen molar-refractivity contribution in [1.29, 1.82) is 0 Å². The summed E-state index contributed by atoms with van der Waals surface area (Å²) in [5, 5.41) is 2.82. The summed E-state index contributed by atoms with van der Waals surface area (Å²) < 4.78 is 0. The average molecular weight is 302 g/mol. The van der Waals surface area contributed by atoms with Crippen LogP contribution < -0.4 is 5.32 Å². The smallest absolute Gasteiger partial charge is 0.244 e. The van der Waals surface area contributed by atoms with E-state index in [1.165, 1.54) is 11.1 Å². The maximum absolute atomic E-state index is 12.1. The van der Waals surface area contributed by atoms with Gasteiger partial charge in [-0.15, -0.1) is 0 Å². The lowest BCUT2D eigenvalue weighted by atomic mass is 10.1. The molecule has 0 radical (unpaired) electrons. The summed E-state index contributed by atoms with van der Waals surface area (Å²) in [4.78, 5) is 25.9. The molecule has 1 N–H and O–H groups in total. The van der Waals surface area contributed by atoms with Crippen LogP contribution in [-0.2, 0) is 16.0 Å². The Morgan fingerprint density at radius 1 is 1.18 bits per heavy atom. The maximum atomic E-state index is 12.1. The maximum Gasteiger partial charge on any atom is 0.244 e. The molecule has 4 heteroatoms. The molecule has 1 aliphatic heterocycles. The Kier molecular flexibility index (Phi) is 5.99. The number of hydrogen-bond acceptors (Lipinski definition) is 2. The molecular formula is C18H26N2O2. The molecule has 2 rings (SSSR count). The van der Waals surface area contributed by atoms with Crippen molar-refractivity contribution in [1.82, 2.24) is 10.2 Å². The molecule has 1 saturated heterocycles.